The number of hydrogen-bond donors (Lipinski definition) is 2. The lowest BCUT2D eigenvalue weighted by Crippen LogP contribution is -2.49. The Morgan fingerprint density at radius 1 is 1.19 bits per heavy atom. The molecule has 2 N–H and O–H groups in total. The first-order valence-electron chi connectivity index (χ1n) is 8.32. The highest BCUT2D eigenvalue weighted by Gasteiger charge is 2.30. The van der Waals surface area contributed by atoms with E-state index in [0.29, 0.717) is 6.04 Å². The third-order valence-electron chi connectivity index (χ3n) is 4.26. The topological polar surface area (TPSA) is 50.4 Å². The van der Waals surface area contributed by atoms with Gasteiger partial charge in [-0.2, -0.15) is 0 Å². The van der Waals surface area contributed by atoms with Gasteiger partial charge in [0.2, 0.25) is 0 Å². The van der Waals surface area contributed by atoms with Crippen molar-refractivity contribution < 1.29 is 9.53 Å². The van der Waals surface area contributed by atoms with Gasteiger partial charge >= 0.3 is 6.09 Å². The zero-order valence-electron chi connectivity index (χ0n) is 13.7. The van der Waals surface area contributed by atoms with Gasteiger partial charge in [0.1, 0.15) is 5.60 Å². The van der Waals surface area contributed by atoms with Crippen LogP contribution in [0, 0.1) is 5.92 Å². The fourth-order valence-corrected chi connectivity index (χ4v) is 3.20. The number of carbonyl (C=O) groups excluding carboxylic acids is 1. The van der Waals surface area contributed by atoms with Crippen LogP contribution in [0.4, 0.5) is 4.79 Å². The third-order valence-corrected chi connectivity index (χ3v) is 4.26. The van der Waals surface area contributed by atoms with Crippen LogP contribution >= 0.6 is 0 Å². The number of alkyl carbamates (subject to hydrolysis) is 1. The van der Waals surface area contributed by atoms with Crippen molar-refractivity contribution in [2.75, 3.05) is 6.54 Å². The highest BCUT2D eigenvalue weighted by Crippen LogP contribution is 2.22. The van der Waals surface area contributed by atoms with E-state index in [1.807, 2.05) is 20.8 Å². The first-order chi connectivity index (χ1) is 9.94. The molecule has 21 heavy (non-hydrogen) atoms. The monoisotopic (exact) mass is 294 g/mol. The van der Waals surface area contributed by atoms with Crippen LogP contribution in [0.1, 0.15) is 59.3 Å². The molecule has 1 fully saturated rings. The lowest BCUT2D eigenvalue weighted by atomic mass is 9.94. The molecule has 0 aliphatic heterocycles. The third kappa shape index (κ3) is 5.70. The quantitative estimate of drug-likeness (QED) is 0.782. The Morgan fingerprint density at radius 2 is 1.95 bits per heavy atom. The van der Waals surface area contributed by atoms with Gasteiger partial charge in [0, 0.05) is 12.1 Å². The molecule has 120 valence electrons. The summed E-state index contributed by atoms with van der Waals surface area (Å²) in [7, 11) is 0. The second kappa shape index (κ2) is 7.30. The highest BCUT2D eigenvalue weighted by atomic mass is 16.6. The zero-order valence-corrected chi connectivity index (χ0v) is 13.7. The molecule has 3 unspecified atom stereocenters. The SMILES string of the molecule is CC(C)(C)OC(=O)NC1CCCC1NCC1CC=CCC1. The number of ether oxygens (including phenoxy) is 1. The molecule has 2 aliphatic rings. The van der Waals surface area contributed by atoms with Gasteiger partial charge in [0.05, 0.1) is 0 Å². The van der Waals surface area contributed by atoms with E-state index in [4.69, 9.17) is 4.74 Å². The Labute approximate surface area is 128 Å². The van der Waals surface area contributed by atoms with Crippen LogP contribution in [0.15, 0.2) is 12.2 Å². The van der Waals surface area contributed by atoms with E-state index < -0.39 is 5.60 Å². The lowest BCUT2D eigenvalue weighted by Gasteiger charge is -2.27. The second-order valence-corrected chi connectivity index (χ2v) is 7.35. The van der Waals surface area contributed by atoms with Gasteiger partial charge in [0.15, 0.2) is 0 Å². The van der Waals surface area contributed by atoms with E-state index in [9.17, 15) is 4.79 Å². The summed E-state index contributed by atoms with van der Waals surface area (Å²) in [6.07, 6.45) is 11.3. The molecule has 4 heteroatoms. The van der Waals surface area contributed by atoms with Crippen molar-refractivity contribution >= 4 is 6.09 Å². The predicted octanol–water partition coefficient (Wildman–Crippen LogP) is 3.38. The van der Waals surface area contributed by atoms with Crippen LogP contribution in [0.3, 0.4) is 0 Å². The summed E-state index contributed by atoms with van der Waals surface area (Å²) in [6.45, 7) is 6.75. The van der Waals surface area contributed by atoms with Crippen LogP contribution in [0.2, 0.25) is 0 Å². The molecule has 0 saturated heterocycles. The Kier molecular flexibility index (Phi) is 5.68. The molecular formula is C17H30N2O2. The molecule has 1 saturated carbocycles. The van der Waals surface area contributed by atoms with Crippen LogP contribution in [0.25, 0.3) is 0 Å². The number of carbonyl (C=O) groups is 1. The summed E-state index contributed by atoms with van der Waals surface area (Å²) in [5, 5.41) is 6.70. The van der Waals surface area contributed by atoms with Gasteiger partial charge in [0.25, 0.3) is 0 Å². The first-order valence-corrected chi connectivity index (χ1v) is 8.32. The summed E-state index contributed by atoms with van der Waals surface area (Å²) >= 11 is 0. The van der Waals surface area contributed by atoms with Gasteiger partial charge in [-0.05, 0) is 71.8 Å². The van der Waals surface area contributed by atoms with Crippen LogP contribution < -0.4 is 10.6 Å². The number of rotatable bonds is 4. The molecule has 0 aromatic rings. The summed E-state index contributed by atoms with van der Waals surface area (Å²) < 4.78 is 5.36. The summed E-state index contributed by atoms with van der Waals surface area (Å²) in [6, 6.07) is 0.599. The van der Waals surface area contributed by atoms with E-state index in [-0.39, 0.29) is 12.1 Å². The van der Waals surface area contributed by atoms with E-state index >= 15 is 0 Å². The van der Waals surface area contributed by atoms with Crippen molar-refractivity contribution in [2.24, 2.45) is 5.92 Å². The van der Waals surface area contributed by atoms with Crippen molar-refractivity contribution in [3.05, 3.63) is 12.2 Å². The molecule has 0 aromatic carbocycles. The second-order valence-electron chi connectivity index (χ2n) is 7.35. The van der Waals surface area contributed by atoms with Crippen molar-refractivity contribution in [2.45, 2.75) is 77.0 Å². The minimum Gasteiger partial charge on any atom is -0.444 e. The molecule has 0 spiro atoms. The molecule has 0 radical (unpaired) electrons. The standard InChI is InChI=1S/C17H30N2O2/c1-17(2,3)21-16(20)19-15-11-7-10-14(15)18-12-13-8-5-4-6-9-13/h4-5,13-15,18H,6-12H2,1-3H3,(H,19,20). The van der Waals surface area contributed by atoms with E-state index in [0.717, 1.165) is 25.3 Å². The minimum absolute atomic E-state index is 0.207. The average molecular weight is 294 g/mol. The van der Waals surface area contributed by atoms with Gasteiger partial charge < -0.3 is 15.4 Å². The maximum Gasteiger partial charge on any atom is 0.407 e. The maximum atomic E-state index is 11.9. The Morgan fingerprint density at radius 3 is 2.62 bits per heavy atom. The van der Waals surface area contributed by atoms with Crippen molar-refractivity contribution in [3.63, 3.8) is 0 Å². The number of amides is 1. The van der Waals surface area contributed by atoms with E-state index in [1.54, 1.807) is 0 Å². The van der Waals surface area contributed by atoms with Gasteiger partial charge in [-0.25, -0.2) is 4.79 Å². The first kappa shape index (κ1) is 16.3. The molecule has 0 bridgehead atoms. The van der Waals surface area contributed by atoms with Crippen molar-refractivity contribution in [1.82, 2.24) is 10.6 Å². The number of nitrogens with one attached hydrogen (secondary N) is 2. The van der Waals surface area contributed by atoms with Crippen LogP contribution in [-0.2, 0) is 4.74 Å². The molecule has 2 aliphatic carbocycles. The van der Waals surface area contributed by atoms with Gasteiger partial charge in [-0.1, -0.05) is 12.2 Å². The normalized spacial score (nSPS) is 29.4. The molecule has 0 heterocycles. The number of hydrogen-bond acceptors (Lipinski definition) is 3. The Balaban J connectivity index is 1.74. The lowest BCUT2D eigenvalue weighted by molar-refractivity contribution is 0.0497. The highest BCUT2D eigenvalue weighted by molar-refractivity contribution is 5.68. The fourth-order valence-electron chi connectivity index (χ4n) is 3.20. The molecule has 1 amide bonds. The zero-order chi connectivity index (χ0) is 15.3. The minimum atomic E-state index is -0.431. The summed E-state index contributed by atoms with van der Waals surface area (Å²) in [5.74, 6) is 0.748. The van der Waals surface area contributed by atoms with Crippen LogP contribution in [-0.4, -0.2) is 30.3 Å². The molecule has 0 aromatic heterocycles. The summed E-state index contributed by atoms with van der Waals surface area (Å²) in [4.78, 5) is 11.9. The predicted molar refractivity (Wildman–Crippen MR) is 85.3 cm³/mol. The van der Waals surface area contributed by atoms with Crippen molar-refractivity contribution in [1.29, 1.82) is 0 Å². The number of allylic oxidation sites excluding steroid dienone is 2. The fraction of sp³-hybridized carbons (Fsp3) is 0.824. The smallest absolute Gasteiger partial charge is 0.407 e. The van der Waals surface area contributed by atoms with E-state index in [2.05, 4.69) is 22.8 Å². The molecule has 3 atom stereocenters. The average Bonchev–Trinajstić information content (AvgIpc) is 2.82. The van der Waals surface area contributed by atoms with Gasteiger partial charge in [-0.15, -0.1) is 0 Å². The largest absolute Gasteiger partial charge is 0.444 e. The van der Waals surface area contributed by atoms with E-state index in [1.165, 1.54) is 25.7 Å². The Bertz CT molecular complexity index is 373. The molecular weight excluding hydrogens is 264 g/mol. The maximum absolute atomic E-state index is 11.9. The van der Waals surface area contributed by atoms with Crippen LogP contribution in [0.5, 0.6) is 0 Å². The Hall–Kier alpha value is -1.03. The molecule has 4 nitrogen and oxygen atoms in total. The summed E-state index contributed by atoms with van der Waals surface area (Å²) in [5.41, 5.74) is -0.431. The van der Waals surface area contributed by atoms with Gasteiger partial charge in [-0.3, -0.25) is 0 Å². The van der Waals surface area contributed by atoms with Crippen molar-refractivity contribution in [3.8, 4) is 0 Å². The molecule has 2 rings (SSSR count).